The predicted octanol–water partition coefficient (Wildman–Crippen LogP) is 2.39. The van der Waals surface area contributed by atoms with Crippen molar-refractivity contribution in [2.75, 3.05) is 26.7 Å². The number of aryl methyl sites for hydroxylation is 1. The van der Waals surface area contributed by atoms with Crippen molar-refractivity contribution in [3.63, 3.8) is 0 Å². The molecule has 2 aliphatic heterocycles. The molecule has 0 radical (unpaired) electrons. The number of hydrogen-bond acceptors (Lipinski definition) is 7. The van der Waals surface area contributed by atoms with Gasteiger partial charge in [0.25, 0.3) is 0 Å². The topological polar surface area (TPSA) is 63.5 Å². The molecule has 1 atom stereocenters. The van der Waals surface area contributed by atoms with Gasteiger partial charge in [0.1, 0.15) is 11.1 Å². The summed E-state index contributed by atoms with van der Waals surface area (Å²) in [4.78, 5) is 21.6. The van der Waals surface area contributed by atoms with E-state index in [-0.39, 0.29) is 17.5 Å². The third-order valence-electron chi connectivity index (χ3n) is 5.95. The van der Waals surface area contributed by atoms with Crippen LogP contribution in [0.5, 0.6) is 0 Å². The number of aromatic nitrogens is 3. The molecule has 0 saturated carbocycles. The Bertz CT molecular complexity index is 782. The molecule has 4 rings (SSSR count). The van der Waals surface area contributed by atoms with Crippen molar-refractivity contribution in [1.29, 1.82) is 0 Å². The van der Waals surface area contributed by atoms with Crippen LogP contribution in [0.25, 0.3) is 0 Å². The van der Waals surface area contributed by atoms with Crippen LogP contribution in [0.15, 0.2) is 23.8 Å². The van der Waals surface area contributed by atoms with Crippen LogP contribution in [0, 0.1) is 5.41 Å². The lowest BCUT2D eigenvalue weighted by Gasteiger charge is -2.36. The standard InChI is InChI=1S/C20H29N5O2S/c1-3-25-8-4-16(22-25)13-24-9-5-20(6-10-24)12-17(27-19(20)26)14-23(2)15-18-21-7-11-28-18/h4,7-8,11,17H,3,5-6,9-10,12-15H2,1-2H3. The van der Waals surface area contributed by atoms with E-state index in [1.165, 1.54) is 0 Å². The zero-order valence-electron chi connectivity index (χ0n) is 16.7. The van der Waals surface area contributed by atoms with Gasteiger partial charge < -0.3 is 4.74 Å². The minimum atomic E-state index is -0.286. The average molecular weight is 404 g/mol. The second-order valence-corrected chi connectivity index (χ2v) is 9.05. The monoisotopic (exact) mass is 403 g/mol. The van der Waals surface area contributed by atoms with Gasteiger partial charge in [0.05, 0.1) is 17.7 Å². The van der Waals surface area contributed by atoms with Crippen molar-refractivity contribution in [2.45, 2.75) is 51.9 Å². The van der Waals surface area contributed by atoms with Gasteiger partial charge in [0.15, 0.2) is 0 Å². The van der Waals surface area contributed by atoms with E-state index < -0.39 is 0 Å². The van der Waals surface area contributed by atoms with Gasteiger partial charge >= 0.3 is 5.97 Å². The van der Waals surface area contributed by atoms with E-state index in [1.807, 2.05) is 22.5 Å². The Hall–Kier alpha value is -1.77. The summed E-state index contributed by atoms with van der Waals surface area (Å²) in [6, 6.07) is 2.09. The van der Waals surface area contributed by atoms with Crippen molar-refractivity contribution in [1.82, 2.24) is 24.6 Å². The molecule has 2 aromatic rings. The molecule has 2 saturated heterocycles. The molecule has 4 heterocycles. The summed E-state index contributed by atoms with van der Waals surface area (Å²) >= 11 is 1.66. The number of carbonyl (C=O) groups is 1. The van der Waals surface area contributed by atoms with Crippen molar-refractivity contribution >= 4 is 17.3 Å². The summed E-state index contributed by atoms with van der Waals surface area (Å²) in [6.45, 7) is 7.27. The lowest BCUT2D eigenvalue weighted by molar-refractivity contribution is -0.151. The molecular formula is C20H29N5O2S. The molecule has 152 valence electrons. The fourth-order valence-corrected chi connectivity index (χ4v) is 5.05. The van der Waals surface area contributed by atoms with E-state index in [9.17, 15) is 4.79 Å². The molecular weight excluding hydrogens is 374 g/mol. The van der Waals surface area contributed by atoms with Crippen molar-refractivity contribution < 1.29 is 9.53 Å². The third kappa shape index (κ3) is 4.29. The largest absolute Gasteiger partial charge is 0.461 e. The average Bonchev–Trinajstić information content (AvgIpc) is 3.40. The van der Waals surface area contributed by atoms with E-state index in [0.717, 1.165) is 69.2 Å². The quantitative estimate of drug-likeness (QED) is 0.662. The molecule has 2 aliphatic rings. The highest BCUT2D eigenvalue weighted by Crippen LogP contribution is 2.43. The summed E-state index contributed by atoms with van der Waals surface area (Å²) in [7, 11) is 2.07. The summed E-state index contributed by atoms with van der Waals surface area (Å²) < 4.78 is 7.74. The lowest BCUT2D eigenvalue weighted by Crippen LogP contribution is -2.42. The zero-order valence-corrected chi connectivity index (χ0v) is 17.5. The number of esters is 1. The molecule has 0 aliphatic carbocycles. The Morgan fingerprint density at radius 3 is 2.89 bits per heavy atom. The van der Waals surface area contributed by atoms with Crippen LogP contribution in [0.3, 0.4) is 0 Å². The second kappa shape index (κ2) is 8.31. The molecule has 7 nitrogen and oxygen atoms in total. The first kappa shape index (κ1) is 19.5. The Kier molecular flexibility index (Phi) is 5.80. The van der Waals surface area contributed by atoms with Gasteiger partial charge in [-0.15, -0.1) is 11.3 Å². The van der Waals surface area contributed by atoms with Crippen molar-refractivity contribution in [3.8, 4) is 0 Å². The summed E-state index contributed by atoms with van der Waals surface area (Å²) in [5.74, 6) is 0.00931. The van der Waals surface area contributed by atoms with Gasteiger partial charge in [0.2, 0.25) is 0 Å². The van der Waals surface area contributed by atoms with E-state index in [4.69, 9.17) is 4.74 Å². The van der Waals surface area contributed by atoms with Crippen LogP contribution < -0.4 is 0 Å². The molecule has 2 fully saturated rings. The minimum Gasteiger partial charge on any atom is -0.461 e. The second-order valence-electron chi connectivity index (χ2n) is 8.07. The zero-order chi connectivity index (χ0) is 19.6. The van der Waals surface area contributed by atoms with Gasteiger partial charge in [-0.3, -0.25) is 19.3 Å². The Morgan fingerprint density at radius 2 is 2.21 bits per heavy atom. The minimum absolute atomic E-state index is 0.00931. The molecule has 8 heteroatoms. The number of likely N-dealkylation sites (N-methyl/N-ethyl adjacent to an activating group) is 1. The number of ether oxygens (including phenoxy) is 1. The van der Waals surface area contributed by atoms with Crippen molar-refractivity contribution in [2.24, 2.45) is 5.41 Å². The first-order chi connectivity index (χ1) is 13.6. The first-order valence-corrected chi connectivity index (χ1v) is 11.0. The van der Waals surface area contributed by atoms with Crippen LogP contribution in [0.4, 0.5) is 0 Å². The molecule has 0 N–H and O–H groups in total. The number of cyclic esters (lactones) is 1. The number of piperidine rings is 1. The van der Waals surface area contributed by atoms with Crippen molar-refractivity contribution in [3.05, 3.63) is 34.5 Å². The Labute approximate surface area is 170 Å². The molecule has 0 aromatic carbocycles. The van der Waals surface area contributed by atoms with Crippen LogP contribution in [0.1, 0.15) is 36.9 Å². The highest BCUT2D eigenvalue weighted by Gasteiger charge is 2.50. The molecule has 1 spiro atoms. The van der Waals surface area contributed by atoms with Gasteiger partial charge in [-0.05, 0) is 46.0 Å². The number of likely N-dealkylation sites (tertiary alicyclic amines) is 1. The van der Waals surface area contributed by atoms with E-state index in [0.29, 0.717) is 0 Å². The summed E-state index contributed by atoms with van der Waals surface area (Å²) in [5.41, 5.74) is 0.819. The smallest absolute Gasteiger partial charge is 0.312 e. The van der Waals surface area contributed by atoms with Crippen LogP contribution in [0.2, 0.25) is 0 Å². The van der Waals surface area contributed by atoms with Gasteiger partial charge in [-0.1, -0.05) is 0 Å². The van der Waals surface area contributed by atoms with Gasteiger partial charge in [-0.25, -0.2) is 4.98 Å². The van der Waals surface area contributed by atoms with E-state index in [2.05, 4.69) is 39.9 Å². The number of carbonyl (C=O) groups excluding carboxylic acids is 1. The first-order valence-electron chi connectivity index (χ1n) is 10.1. The maximum atomic E-state index is 12.7. The maximum absolute atomic E-state index is 12.7. The molecule has 28 heavy (non-hydrogen) atoms. The van der Waals surface area contributed by atoms with Gasteiger partial charge in [0, 0.05) is 43.8 Å². The predicted molar refractivity (Wildman–Crippen MR) is 108 cm³/mol. The number of hydrogen-bond donors (Lipinski definition) is 0. The van der Waals surface area contributed by atoms with Gasteiger partial charge in [-0.2, -0.15) is 5.10 Å². The number of nitrogens with zero attached hydrogens (tertiary/aromatic N) is 5. The lowest BCUT2D eigenvalue weighted by atomic mass is 9.76. The summed E-state index contributed by atoms with van der Waals surface area (Å²) in [5, 5.41) is 7.67. The molecule has 1 unspecified atom stereocenters. The third-order valence-corrected chi connectivity index (χ3v) is 6.71. The molecule has 2 aromatic heterocycles. The SMILES string of the molecule is CCn1ccc(CN2CCC3(CC2)CC(CN(C)Cc2nccs2)OC3=O)n1. The van der Waals surface area contributed by atoms with Crippen LogP contribution in [-0.2, 0) is 29.2 Å². The maximum Gasteiger partial charge on any atom is 0.312 e. The highest BCUT2D eigenvalue weighted by atomic mass is 32.1. The Balaban J connectivity index is 1.28. The van der Waals surface area contributed by atoms with E-state index >= 15 is 0 Å². The molecule has 0 bridgehead atoms. The van der Waals surface area contributed by atoms with Crippen LogP contribution in [-0.4, -0.2) is 63.3 Å². The Morgan fingerprint density at radius 1 is 1.39 bits per heavy atom. The molecule has 0 amide bonds. The highest BCUT2D eigenvalue weighted by molar-refractivity contribution is 7.09. The number of thiazole rings is 1. The van der Waals surface area contributed by atoms with Crippen LogP contribution >= 0.6 is 11.3 Å². The number of rotatable bonds is 7. The normalized spacial score (nSPS) is 22.2. The fraction of sp³-hybridized carbons (Fsp3) is 0.650. The summed E-state index contributed by atoms with van der Waals surface area (Å²) in [6.07, 6.45) is 6.46. The fourth-order valence-electron chi connectivity index (χ4n) is 4.35. The van der Waals surface area contributed by atoms with E-state index in [1.54, 1.807) is 11.3 Å².